The molecule has 0 saturated heterocycles. The van der Waals surface area contributed by atoms with Gasteiger partial charge in [0.15, 0.2) is 0 Å². The van der Waals surface area contributed by atoms with Crippen LogP contribution in [0.2, 0.25) is 0 Å². The maximum Gasteiger partial charge on any atom is 0.250 e. The summed E-state index contributed by atoms with van der Waals surface area (Å²) in [5.74, 6) is 0.288. The zero-order valence-corrected chi connectivity index (χ0v) is 9.70. The fourth-order valence-corrected chi connectivity index (χ4v) is 1.69. The monoisotopic (exact) mass is 232 g/mol. The summed E-state index contributed by atoms with van der Waals surface area (Å²) in [6.07, 6.45) is 1.47. The predicted molar refractivity (Wildman–Crippen MR) is 63.4 cm³/mol. The maximum atomic E-state index is 12.9. The average molecular weight is 232 g/mol. The third kappa shape index (κ3) is 2.25. The van der Waals surface area contributed by atoms with E-state index in [2.05, 4.69) is 9.97 Å². The van der Waals surface area contributed by atoms with E-state index >= 15 is 0 Å². The molecule has 2 aromatic rings. The number of nitrogens with one attached hydrogen (secondary N) is 1. The van der Waals surface area contributed by atoms with Crippen molar-refractivity contribution in [1.29, 1.82) is 0 Å². The zero-order valence-electron chi connectivity index (χ0n) is 9.70. The minimum Gasteiger partial charge on any atom is -0.310 e. The van der Waals surface area contributed by atoms with Crippen LogP contribution in [0, 0.1) is 5.82 Å². The SMILES string of the molecule is CC(C)(c1ccc(F)cc1)c1nccc(=O)[nH]1. The molecule has 0 fully saturated rings. The van der Waals surface area contributed by atoms with Crippen LogP contribution in [0.3, 0.4) is 0 Å². The summed E-state index contributed by atoms with van der Waals surface area (Å²) in [6.45, 7) is 3.86. The minimum atomic E-state index is -0.464. The summed E-state index contributed by atoms with van der Waals surface area (Å²) >= 11 is 0. The van der Waals surface area contributed by atoms with Crippen molar-refractivity contribution in [3.05, 3.63) is 64.1 Å². The smallest absolute Gasteiger partial charge is 0.250 e. The van der Waals surface area contributed by atoms with E-state index in [9.17, 15) is 9.18 Å². The number of hydrogen-bond donors (Lipinski definition) is 1. The van der Waals surface area contributed by atoms with Crippen molar-refractivity contribution in [3.63, 3.8) is 0 Å². The average Bonchev–Trinajstić information content (AvgIpc) is 2.29. The highest BCUT2D eigenvalue weighted by atomic mass is 19.1. The molecule has 88 valence electrons. The molecular weight excluding hydrogens is 219 g/mol. The first-order chi connectivity index (χ1) is 8.00. The van der Waals surface area contributed by atoms with Gasteiger partial charge in [-0.3, -0.25) is 4.79 Å². The van der Waals surface area contributed by atoms with Crippen LogP contribution in [0.15, 0.2) is 41.3 Å². The first-order valence-corrected chi connectivity index (χ1v) is 5.32. The lowest BCUT2D eigenvalue weighted by atomic mass is 9.84. The Morgan fingerprint density at radius 3 is 2.41 bits per heavy atom. The van der Waals surface area contributed by atoms with Gasteiger partial charge in [-0.2, -0.15) is 0 Å². The number of benzene rings is 1. The maximum absolute atomic E-state index is 12.9. The van der Waals surface area contributed by atoms with Crippen LogP contribution in [0.1, 0.15) is 25.2 Å². The molecule has 0 unspecified atom stereocenters. The van der Waals surface area contributed by atoms with Crippen LogP contribution >= 0.6 is 0 Å². The molecule has 0 atom stereocenters. The molecule has 1 aromatic carbocycles. The topological polar surface area (TPSA) is 45.8 Å². The molecule has 0 aliphatic heterocycles. The molecule has 0 amide bonds. The summed E-state index contributed by atoms with van der Waals surface area (Å²) in [5, 5.41) is 0. The second kappa shape index (κ2) is 4.13. The number of aromatic amines is 1. The normalized spacial score (nSPS) is 11.5. The van der Waals surface area contributed by atoms with Gasteiger partial charge >= 0.3 is 0 Å². The van der Waals surface area contributed by atoms with Gasteiger partial charge in [0.2, 0.25) is 0 Å². The highest BCUT2D eigenvalue weighted by molar-refractivity contribution is 5.30. The van der Waals surface area contributed by atoms with Gasteiger partial charge in [0, 0.05) is 17.7 Å². The molecule has 0 aliphatic carbocycles. The van der Waals surface area contributed by atoms with Crippen LogP contribution < -0.4 is 5.56 Å². The Morgan fingerprint density at radius 2 is 1.82 bits per heavy atom. The molecule has 0 spiro atoms. The van der Waals surface area contributed by atoms with E-state index in [-0.39, 0.29) is 11.4 Å². The van der Waals surface area contributed by atoms with Crippen LogP contribution in [-0.2, 0) is 5.41 Å². The number of halogens is 1. The Balaban J connectivity index is 2.49. The quantitative estimate of drug-likeness (QED) is 0.863. The first-order valence-electron chi connectivity index (χ1n) is 5.32. The third-order valence-electron chi connectivity index (χ3n) is 2.83. The Morgan fingerprint density at radius 1 is 1.18 bits per heavy atom. The second-order valence-corrected chi connectivity index (χ2v) is 4.41. The molecule has 0 aliphatic rings. The van der Waals surface area contributed by atoms with E-state index in [4.69, 9.17) is 0 Å². The van der Waals surface area contributed by atoms with Crippen molar-refractivity contribution in [3.8, 4) is 0 Å². The summed E-state index contributed by atoms with van der Waals surface area (Å²) < 4.78 is 12.9. The van der Waals surface area contributed by atoms with Gasteiger partial charge < -0.3 is 4.98 Å². The number of nitrogens with zero attached hydrogens (tertiary/aromatic N) is 1. The Labute approximate surface area is 98.3 Å². The van der Waals surface area contributed by atoms with Crippen molar-refractivity contribution in [2.75, 3.05) is 0 Å². The van der Waals surface area contributed by atoms with E-state index in [0.29, 0.717) is 5.82 Å². The van der Waals surface area contributed by atoms with Crippen LogP contribution in [0.4, 0.5) is 4.39 Å². The predicted octanol–water partition coefficient (Wildman–Crippen LogP) is 2.23. The lowest BCUT2D eigenvalue weighted by molar-refractivity contribution is 0.580. The third-order valence-corrected chi connectivity index (χ3v) is 2.83. The Hall–Kier alpha value is -1.97. The molecule has 1 aromatic heterocycles. The van der Waals surface area contributed by atoms with Gasteiger partial charge in [0.05, 0.1) is 0 Å². The summed E-state index contributed by atoms with van der Waals surface area (Å²) in [5.41, 5.74) is 0.243. The van der Waals surface area contributed by atoms with Gasteiger partial charge in [-0.05, 0) is 31.5 Å². The van der Waals surface area contributed by atoms with Gasteiger partial charge in [-0.1, -0.05) is 12.1 Å². The van der Waals surface area contributed by atoms with Crippen molar-refractivity contribution in [2.24, 2.45) is 0 Å². The fourth-order valence-electron chi connectivity index (χ4n) is 1.69. The molecule has 3 nitrogen and oxygen atoms in total. The van der Waals surface area contributed by atoms with Gasteiger partial charge in [0.25, 0.3) is 5.56 Å². The molecule has 4 heteroatoms. The van der Waals surface area contributed by atoms with Crippen LogP contribution in [0.5, 0.6) is 0 Å². The summed E-state index contributed by atoms with van der Waals surface area (Å²) in [4.78, 5) is 18.1. The number of hydrogen-bond acceptors (Lipinski definition) is 2. The van der Waals surface area contributed by atoms with E-state index in [1.54, 1.807) is 12.1 Å². The van der Waals surface area contributed by atoms with Crippen molar-refractivity contribution in [1.82, 2.24) is 9.97 Å². The summed E-state index contributed by atoms with van der Waals surface area (Å²) in [7, 11) is 0. The van der Waals surface area contributed by atoms with Crippen molar-refractivity contribution in [2.45, 2.75) is 19.3 Å². The van der Waals surface area contributed by atoms with Gasteiger partial charge in [0.1, 0.15) is 11.6 Å². The Kier molecular flexibility index (Phi) is 2.79. The van der Waals surface area contributed by atoms with E-state index < -0.39 is 5.41 Å². The highest BCUT2D eigenvalue weighted by Crippen LogP contribution is 2.27. The van der Waals surface area contributed by atoms with E-state index in [0.717, 1.165) is 5.56 Å². The number of H-pyrrole nitrogens is 1. The van der Waals surface area contributed by atoms with Crippen molar-refractivity contribution < 1.29 is 4.39 Å². The molecule has 0 bridgehead atoms. The van der Waals surface area contributed by atoms with Crippen LogP contribution in [-0.4, -0.2) is 9.97 Å². The molecular formula is C13H13FN2O. The molecule has 0 radical (unpaired) electrons. The lowest BCUT2D eigenvalue weighted by Crippen LogP contribution is -2.25. The van der Waals surface area contributed by atoms with Crippen molar-refractivity contribution >= 4 is 0 Å². The molecule has 17 heavy (non-hydrogen) atoms. The summed E-state index contributed by atoms with van der Waals surface area (Å²) in [6, 6.07) is 7.56. The molecule has 1 heterocycles. The van der Waals surface area contributed by atoms with Gasteiger partial charge in [-0.15, -0.1) is 0 Å². The molecule has 1 N–H and O–H groups in total. The first kappa shape index (κ1) is 11.5. The fraction of sp³-hybridized carbons (Fsp3) is 0.231. The minimum absolute atomic E-state index is 0.190. The number of rotatable bonds is 2. The second-order valence-electron chi connectivity index (χ2n) is 4.41. The number of aromatic nitrogens is 2. The highest BCUT2D eigenvalue weighted by Gasteiger charge is 2.25. The Bertz CT molecular complexity index is 572. The standard InChI is InChI=1S/C13H13FN2O/c1-13(2,9-3-5-10(14)6-4-9)12-15-8-7-11(17)16-12/h3-8H,1-2H3,(H,15,16,17). The van der Waals surface area contributed by atoms with E-state index in [1.165, 1.54) is 24.4 Å². The zero-order chi connectivity index (χ0) is 12.5. The lowest BCUT2D eigenvalue weighted by Gasteiger charge is -2.23. The largest absolute Gasteiger partial charge is 0.310 e. The molecule has 0 saturated carbocycles. The molecule has 2 rings (SSSR count). The van der Waals surface area contributed by atoms with E-state index in [1.807, 2.05) is 13.8 Å². The van der Waals surface area contributed by atoms with Gasteiger partial charge in [-0.25, -0.2) is 9.37 Å². The van der Waals surface area contributed by atoms with Crippen LogP contribution in [0.25, 0.3) is 0 Å².